The number of aliphatic hydroxyl groups excluding tert-OH is 2. The van der Waals surface area contributed by atoms with Crippen LogP contribution in [0.3, 0.4) is 0 Å². The largest absolute Gasteiger partial charge is 0.508 e. The van der Waals surface area contributed by atoms with Gasteiger partial charge in [0, 0.05) is 37.1 Å². The van der Waals surface area contributed by atoms with E-state index in [4.69, 9.17) is 19.5 Å². The molecule has 1 fully saturated rings. The topological polar surface area (TPSA) is 384 Å². The second-order valence-electron chi connectivity index (χ2n) is 13.5. The SMILES string of the molecule is CC(C)(COP(=O)(O)OP(=O)(O)OCC1OC(n2cnc3c(N)ncnc32)C(O)C1OP(=O)(O)O)C(O)C(=O)NCCC(=O)NCCSC(=O)CCc1ccc(O)cc1. The third kappa shape index (κ3) is 14.6. The van der Waals surface area contributed by atoms with Crippen LogP contribution >= 0.6 is 35.2 Å². The van der Waals surface area contributed by atoms with Gasteiger partial charge in [-0.25, -0.2) is 28.6 Å². The minimum atomic E-state index is -5.58. The Kier molecular flexibility index (Phi) is 16.7. The van der Waals surface area contributed by atoms with Gasteiger partial charge in [0.05, 0.1) is 19.5 Å². The summed E-state index contributed by atoms with van der Waals surface area (Å²) < 4.78 is 62.1. The lowest BCUT2D eigenvalue weighted by atomic mass is 9.87. The first kappa shape index (κ1) is 48.2. The van der Waals surface area contributed by atoms with E-state index < -0.39 is 84.6 Å². The smallest absolute Gasteiger partial charge is 0.481 e. The summed E-state index contributed by atoms with van der Waals surface area (Å²) >= 11 is 1.04. The molecule has 0 spiro atoms. The number of aryl methyl sites for hydroxylation is 1. The molecule has 0 bridgehead atoms. The number of nitrogens with zero attached hydrogens (tertiary/aromatic N) is 4. The number of phosphoric acid groups is 3. The zero-order chi connectivity index (χ0) is 43.8. The molecule has 25 nitrogen and oxygen atoms in total. The van der Waals surface area contributed by atoms with E-state index in [0.717, 1.165) is 34.5 Å². The number of ether oxygens (including phenoxy) is 1. The number of thioether (sulfide) groups is 1. The number of phenols is 1. The maximum atomic E-state index is 12.7. The predicted molar refractivity (Wildman–Crippen MR) is 204 cm³/mol. The number of carbonyl (C=O) groups excluding carboxylic acids is 3. The van der Waals surface area contributed by atoms with Crippen molar-refractivity contribution >= 4 is 69.1 Å². The van der Waals surface area contributed by atoms with Crippen molar-refractivity contribution in [1.29, 1.82) is 0 Å². The monoisotopic (exact) mass is 915 g/mol. The van der Waals surface area contributed by atoms with E-state index in [1.165, 1.54) is 26.0 Å². The standard InChI is InChI=1S/C30H44N7O18P3S/c1-30(2,25(42)28(43)33-10-9-20(39)32-11-12-59-21(40)8-5-17-3-6-18(38)7-4-17)14-52-58(49,50)55-57(47,48)51-13-19-24(54-56(44,45)46)23(41)29(53-19)37-16-36-22-26(31)34-15-35-27(22)37/h3-4,6-7,15-16,19,23-25,29,38,41-42H,5,8-14H2,1-2H3,(H,32,39)(H,33,43)(H,47,48)(H,49,50)(H2,31,34,35)(H2,44,45,46). The molecule has 59 heavy (non-hydrogen) atoms. The van der Waals surface area contributed by atoms with E-state index in [1.54, 1.807) is 12.1 Å². The van der Waals surface area contributed by atoms with E-state index in [-0.39, 0.29) is 53.8 Å². The average Bonchev–Trinajstić information content (AvgIpc) is 3.71. The first-order valence-electron chi connectivity index (χ1n) is 17.3. The normalized spacial score (nSPS) is 21.1. The van der Waals surface area contributed by atoms with Crippen LogP contribution in [0.4, 0.5) is 5.82 Å². The third-order valence-corrected chi connectivity index (χ3v) is 12.4. The summed E-state index contributed by atoms with van der Waals surface area (Å²) in [6, 6.07) is 6.49. The molecule has 0 aliphatic carbocycles. The van der Waals surface area contributed by atoms with Gasteiger partial charge in [-0.2, -0.15) is 4.31 Å². The van der Waals surface area contributed by atoms with Gasteiger partial charge in [-0.05, 0) is 24.1 Å². The molecule has 1 aromatic carbocycles. The summed E-state index contributed by atoms with van der Waals surface area (Å²) in [6.45, 7) is 0.407. The van der Waals surface area contributed by atoms with Gasteiger partial charge >= 0.3 is 23.5 Å². The summed E-state index contributed by atoms with van der Waals surface area (Å²) in [5.41, 5.74) is 5.13. The van der Waals surface area contributed by atoms with Crippen LogP contribution in [0.15, 0.2) is 36.9 Å². The number of hydrogen-bond acceptors (Lipinski definition) is 19. The van der Waals surface area contributed by atoms with Crippen molar-refractivity contribution in [3.63, 3.8) is 0 Å². The van der Waals surface area contributed by atoms with E-state index in [1.807, 2.05) is 0 Å². The fraction of sp³-hybridized carbons (Fsp3) is 0.533. The number of aliphatic hydroxyl groups is 2. The van der Waals surface area contributed by atoms with Gasteiger partial charge in [0.15, 0.2) is 22.8 Å². The number of anilines is 1. The van der Waals surface area contributed by atoms with Gasteiger partial charge in [-0.3, -0.25) is 32.5 Å². The van der Waals surface area contributed by atoms with Crippen LogP contribution < -0.4 is 16.4 Å². The van der Waals surface area contributed by atoms with Crippen molar-refractivity contribution in [2.75, 3.05) is 37.8 Å². The van der Waals surface area contributed by atoms with Crippen molar-refractivity contribution in [2.24, 2.45) is 5.41 Å². The number of nitrogen functional groups attached to an aromatic ring is 1. The van der Waals surface area contributed by atoms with Crippen LogP contribution in [0.25, 0.3) is 11.2 Å². The number of amides is 2. The molecule has 29 heteroatoms. The fourth-order valence-electron chi connectivity index (χ4n) is 5.28. The lowest BCUT2D eigenvalue weighted by molar-refractivity contribution is -0.137. The second-order valence-corrected chi connectivity index (χ2v) is 18.8. The first-order valence-corrected chi connectivity index (χ1v) is 22.8. The second kappa shape index (κ2) is 20.4. The molecule has 1 aliphatic rings. The highest BCUT2D eigenvalue weighted by atomic mass is 32.2. The zero-order valence-electron chi connectivity index (χ0n) is 31.2. The van der Waals surface area contributed by atoms with Crippen molar-refractivity contribution < 1.29 is 85.6 Å². The Labute approximate surface area is 339 Å². The molecule has 3 heterocycles. The van der Waals surface area contributed by atoms with Crippen LogP contribution in [-0.2, 0) is 57.1 Å². The Balaban J connectivity index is 1.19. The number of aromatic nitrogens is 4. The molecule has 1 aliphatic heterocycles. The van der Waals surface area contributed by atoms with Gasteiger partial charge in [0.1, 0.15) is 42.0 Å². The Morgan fingerprint density at radius 3 is 2.36 bits per heavy atom. The number of rotatable bonds is 22. The van der Waals surface area contributed by atoms with Gasteiger partial charge in [0.25, 0.3) is 0 Å². The quantitative estimate of drug-likeness (QED) is 0.0468. The molecule has 7 unspecified atom stereocenters. The summed E-state index contributed by atoms with van der Waals surface area (Å²) in [5.74, 6) is -1.06. The molecular formula is C30H44N7O18P3S. The molecule has 4 rings (SSSR count). The first-order chi connectivity index (χ1) is 27.5. The highest BCUT2D eigenvalue weighted by Gasteiger charge is 2.50. The molecule has 0 radical (unpaired) electrons. The van der Waals surface area contributed by atoms with Crippen LogP contribution in [0.5, 0.6) is 5.75 Å². The van der Waals surface area contributed by atoms with E-state index in [9.17, 15) is 63.0 Å². The van der Waals surface area contributed by atoms with Crippen LogP contribution in [0.1, 0.15) is 38.5 Å². The van der Waals surface area contributed by atoms with Crippen LogP contribution in [0.2, 0.25) is 0 Å². The number of aromatic hydroxyl groups is 1. The van der Waals surface area contributed by atoms with Gasteiger partial charge in [-0.15, -0.1) is 0 Å². The highest BCUT2D eigenvalue weighted by Crippen LogP contribution is 2.61. The van der Waals surface area contributed by atoms with Gasteiger partial charge in [-0.1, -0.05) is 37.7 Å². The highest BCUT2D eigenvalue weighted by molar-refractivity contribution is 8.13. The van der Waals surface area contributed by atoms with E-state index >= 15 is 0 Å². The number of nitrogens with one attached hydrogen (secondary N) is 2. The molecule has 328 valence electrons. The Morgan fingerprint density at radius 2 is 1.68 bits per heavy atom. The van der Waals surface area contributed by atoms with Crippen molar-refractivity contribution in [2.45, 2.75) is 63.8 Å². The number of phenolic OH excluding ortho intramolecular Hbond substituents is 1. The summed E-state index contributed by atoms with van der Waals surface area (Å²) in [7, 11) is -16.4. The third-order valence-electron chi connectivity index (χ3n) is 8.32. The number of imidazole rings is 1. The van der Waals surface area contributed by atoms with Crippen LogP contribution in [-0.4, -0.2) is 128 Å². The molecule has 7 atom stereocenters. The predicted octanol–water partition coefficient (Wildman–Crippen LogP) is 0.00310. The van der Waals surface area contributed by atoms with Crippen molar-refractivity contribution in [3.8, 4) is 5.75 Å². The maximum absolute atomic E-state index is 12.7. The van der Waals surface area contributed by atoms with Gasteiger partial charge in [0.2, 0.25) is 11.8 Å². The minimum absolute atomic E-state index is 0.0259. The van der Waals surface area contributed by atoms with Gasteiger partial charge < -0.3 is 56.0 Å². The lowest BCUT2D eigenvalue weighted by Gasteiger charge is -2.30. The summed E-state index contributed by atoms with van der Waals surface area (Å²) in [6.07, 6.45) is -6.22. The summed E-state index contributed by atoms with van der Waals surface area (Å²) in [5, 5.41) is 35.6. The Morgan fingerprint density at radius 1 is 1.00 bits per heavy atom. The number of carbonyl (C=O) groups is 3. The number of benzene rings is 1. The molecule has 0 saturated carbocycles. The number of phosphoric ester groups is 3. The molecule has 2 aromatic heterocycles. The van der Waals surface area contributed by atoms with Crippen molar-refractivity contribution in [1.82, 2.24) is 30.2 Å². The Hall–Kier alpha value is -3.42. The molecule has 11 N–H and O–H groups in total. The number of fused-ring (bicyclic) bond motifs is 1. The molecular weight excluding hydrogens is 871 g/mol. The average molecular weight is 916 g/mol. The fourth-order valence-corrected chi connectivity index (χ4v) is 8.78. The van der Waals surface area contributed by atoms with E-state index in [0.29, 0.717) is 12.2 Å². The number of nitrogens with two attached hydrogens (primary N) is 1. The van der Waals surface area contributed by atoms with Crippen LogP contribution in [0, 0.1) is 5.41 Å². The molecule has 1 saturated heterocycles. The maximum Gasteiger partial charge on any atom is 0.481 e. The number of hydrogen-bond donors (Lipinski definition) is 10. The zero-order valence-corrected chi connectivity index (χ0v) is 34.7. The Bertz CT molecular complexity index is 2090. The minimum Gasteiger partial charge on any atom is -0.508 e. The molecule has 3 aromatic rings. The van der Waals surface area contributed by atoms with Crippen molar-refractivity contribution in [3.05, 3.63) is 42.5 Å². The van der Waals surface area contributed by atoms with E-state index in [2.05, 4.69) is 34.4 Å². The molecule has 2 amide bonds. The summed E-state index contributed by atoms with van der Waals surface area (Å²) in [4.78, 5) is 87.8. The lowest BCUT2D eigenvalue weighted by Crippen LogP contribution is -2.46.